The zero-order chi connectivity index (χ0) is 19.4. The Morgan fingerprint density at radius 2 is 1.50 bits per heavy atom. The highest BCUT2D eigenvalue weighted by Crippen LogP contribution is 2.31. The van der Waals surface area contributed by atoms with Crippen LogP contribution in [0.5, 0.6) is 0 Å². The van der Waals surface area contributed by atoms with E-state index in [0.29, 0.717) is 31.6 Å². The zero-order valence-electron chi connectivity index (χ0n) is 17.2. The molecule has 1 aliphatic carbocycles. The van der Waals surface area contributed by atoms with Crippen LogP contribution in [-0.2, 0) is 14.3 Å². The van der Waals surface area contributed by atoms with E-state index >= 15 is 0 Å². The molecule has 0 aromatic carbocycles. The number of carboxylic acids is 1. The minimum atomic E-state index is -0.727. The van der Waals surface area contributed by atoms with E-state index in [1.165, 1.54) is 38.5 Å². The molecule has 1 fully saturated rings. The van der Waals surface area contributed by atoms with Gasteiger partial charge < -0.3 is 9.84 Å². The molecular weight excluding hydrogens is 328 g/mol. The molecule has 0 aromatic heterocycles. The van der Waals surface area contributed by atoms with Crippen LogP contribution in [0.1, 0.15) is 104 Å². The standard InChI is InChI=1S/C22H40O4/c1-4-7-8-11-17(9-5-2)16-20(10-6-3)26-22(25)19-14-12-18(13-15-19)21(23)24/h17-20H,4-16H2,1-3H3,(H,23,24). The van der Waals surface area contributed by atoms with Gasteiger partial charge in [0.15, 0.2) is 0 Å². The summed E-state index contributed by atoms with van der Waals surface area (Å²) in [5.41, 5.74) is 0. The van der Waals surface area contributed by atoms with Gasteiger partial charge in [-0.3, -0.25) is 9.59 Å². The second-order valence-electron chi connectivity index (χ2n) is 8.12. The molecule has 1 rings (SSSR count). The quantitative estimate of drug-likeness (QED) is 0.321. The van der Waals surface area contributed by atoms with Crippen LogP contribution in [-0.4, -0.2) is 23.1 Å². The van der Waals surface area contributed by atoms with E-state index in [1.54, 1.807) is 0 Å². The van der Waals surface area contributed by atoms with Crippen molar-refractivity contribution >= 4 is 11.9 Å². The van der Waals surface area contributed by atoms with Crippen LogP contribution in [0.2, 0.25) is 0 Å². The fraction of sp³-hybridized carbons (Fsp3) is 0.909. The predicted molar refractivity (Wildman–Crippen MR) is 105 cm³/mol. The van der Waals surface area contributed by atoms with Gasteiger partial charge in [0.2, 0.25) is 0 Å². The number of unbranched alkanes of at least 4 members (excludes halogenated alkanes) is 2. The van der Waals surface area contributed by atoms with Crippen LogP contribution < -0.4 is 0 Å². The van der Waals surface area contributed by atoms with Crippen molar-refractivity contribution in [1.82, 2.24) is 0 Å². The minimum absolute atomic E-state index is 0.0304. The third-order valence-electron chi connectivity index (χ3n) is 5.81. The molecule has 4 heteroatoms. The Morgan fingerprint density at radius 3 is 2.04 bits per heavy atom. The van der Waals surface area contributed by atoms with Gasteiger partial charge in [0, 0.05) is 0 Å². The molecule has 0 radical (unpaired) electrons. The lowest BCUT2D eigenvalue weighted by Gasteiger charge is -2.28. The molecule has 0 aromatic rings. The van der Waals surface area contributed by atoms with Crippen molar-refractivity contribution in [2.24, 2.45) is 17.8 Å². The Balaban J connectivity index is 2.51. The van der Waals surface area contributed by atoms with Crippen LogP contribution in [0, 0.1) is 17.8 Å². The molecule has 0 amide bonds. The molecule has 0 saturated heterocycles. The first-order valence-electron chi connectivity index (χ1n) is 10.9. The van der Waals surface area contributed by atoms with E-state index < -0.39 is 5.97 Å². The average molecular weight is 369 g/mol. The van der Waals surface area contributed by atoms with Crippen LogP contribution in [0.3, 0.4) is 0 Å². The van der Waals surface area contributed by atoms with Crippen molar-refractivity contribution in [3.63, 3.8) is 0 Å². The Labute approximate surface area is 160 Å². The first-order chi connectivity index (χ1) is 12.5. The van der Waals surface area contributed by atoms with E-state index in [9.17, 15) is 9.59 Å². The molecule has 152 valence electrons. The van der Waals surface area contributed by atoms with Crippen LogP contribution in [0.4, 0.5) is 0 Å². The largest absolute Gasteiger partial charge is 0.481 e. The molecule has 2 unspecified atom stereocenters. The van der Waals surface area contributed by atoms with Gasteiger partial charge in [0.1, 0.15) is 6.10 Å². The van der Waals surface area contributed by atoms with E-state index in [4.69, 9.17) is 9.84 Å². The Hall–Kier alpha value is -1.06. The topological polar surface area (TPSA) is 63.6 Å². The molecule has 0 aliphatic heterocycles. The third kappa shape index (κ3) is 8.55. The Kier molecular flexibility index (Phi) is 11.6. The lowest BCUT2D eigenvalue weighted by atomic mass is 9.82. The molecular formula is C22H40O4. The van der Waals surface area contributed by atoms with Crippen molar-refractivity contribution in [1.29, 1.82) is 0 Å². The summed E-state index contributed by atoms with van der Waals surface area (Å²) in [6, 6.07) is 0. The predicted octanol–water partition coefficient (Wildman–Crippen LogP) is 5.98. The first-order valence-corrected chi connectivity index (χ1v) is 10.9. The summed E-state index contributed by atoms with van der Waals surface area (Å²) >= 11 is 0. The van der Waals surface area contributed by atoms with Gasteiger partial charge in [-0.25, -0.2) is 0 Å². The molecule has 0 heterocycles. The molecule has 1 N–H and O–H groups in total. The van der Waals surface area contributed by atoms with Gasteiger partial charge in [-0.2, -0.15) is 0 Å². The van der Waals surface area contributed by atoms with Gasteiger partial charge in [0.25, 0.3) is 0 Å². The lowest BCUT2D eigenvalue weighted by molar-refractivity contribution is -0.158. The van der Waals surface area contributed by atoms with E-state index in [-0.39, 0.29) is 23.9 Å². The summed E-state index contributed by atoms with van der Waals surface area (Å²) in [6.07, 6.45) is 12.9. The molecule has 2 atom stereocenters. The smallest absolute Gasteiger partial charge is 0.309 e. The van der Waals surface area contributed by atoms with Gasteiger partial charge >= 0.3 is 11.9 Å². The van der Waals surface area contributed by atoms with E-state index in [0.717, 1.165) is 19.3 Å². The van der Waals surface area contributed by atoms with Crippen molar-refractivity contribution in [2.75, 3.05) is 0 Å². The zero-order valence-corrected chi connectivity index (χ0v) is 17.2. The lowest BCUT2D eigenvalue weighted by Crippen LogP contribution is -2.30. The van der Waals surface area contributed by atoms with E-state index in [2.05, 4.69) is 20.8 Å². The highest BCUT2D eigenvalue weighted by atomic mass is 16.5. The van der Waals surface area contributed by atoms with Crippen LogP contribution >= 0.6 is 0 Å². The summed E-state index contributed by atoms with van der Waals surface area (Å²) in [6.45, 7) is 6.61. The fourth-order valence-corrected chi connectivity index (χ4v) is 4.23. The maximum Gasteiger partial charge on any atom is 0.309 e. The van der Waals surface area contributed by atoms with Gasteiger partial charge in [-0.15, -0.1) is 0 Å². The monoisotopic (exact) mass is 368 g/mol. The van der Waals surface area contributed by atoms with Gasteiger partial charge in [-0.05, 0) is 44.4 Å². The normalized spacial score (nSPS) is 22.6. The number of hydrogen-bond donors (Lipinski definition) is 1. The molecule has 4 nitrogen and oxygen atoms in total. The maximum absolute atomic E-state index is 12.6. The van der Waals surface area contributed by atoms with Gasteiger partial charge in [0.05, 0.1) is 11.8 Å². The van der Waals surface area contributed by atoms with Crippen molar-refractivity contribution in [2.45, 2.75) is 110 Å². The van der Waals surface area contributed by atoms with Crippen molar-refractivity contribution in [3.05, 3.63) is 0 Å². The minimum Gasteiger partial charge on any atom is -0.481 e. The number of aliphatic carboxylic acids is 1. The van der Waals surface area contributed by atoms with E-state index in [1.807, 2.05) is 0 Å². The molecule has 1 saturated carbocycles. The average Bonchev–Trinajstić information content (AvgIpc) is 2.62. The second kappa shape index (κ2) is 13.2. The molecule has 0 bridgehead atoms. The summed E-state index contributed by atoms with van der Waals surface area (Å²) in [7, 11) is 0. The van der Waals surface area contributed by atoms with Crippen molar-refractivity contribution in [3.8, 4) is 0 Å². The number of rotatable bonds is 13. The number of hydrogen-bond acceptors (Lipinski definition) is 3. The van der Waals surface area contributed by atoms with Gasteiger partial charge in [-0.1, -0.05) is 65.7 Å². The number of esters is 1. The third-order valence-corrected chi connectivity index (χ3v) is 5.81. The highest BCUT2D eigenvalue weighted by molar-refractivity contribution is 5.74. The maximum atomic E-state index is 12.6. The summed E-state index contributed by atoms with van der Waals surface area (Å²) in [5.74, 6) is -0.544. The van der Waals surface area contributed by atoms with Crippen molar-refractivity contribution < 1.29 is 19.4 Å². The molecule has 0 spiro atoms. The van der Waals surface area contributed by atoms with Crippen LogP contribution in [0.15, 0.2) is 0 Å². The second-order valence-corrected chi connectivity index (χ2v) is 8.12. The summed E-state index contributed by atoms with van der Waals surface area (Å²) in [4.78, 5) is 23.7. The Morgan fingerprint density at radius 1 is 0.885 bits per heavy atom. The van der Waals surface area contributed by atoms with Crippen LogP contribution in [0.25, 0.3) is 0 Å². The number of ether oxygens (including phenoxy) is 1. The number of carbonyl (C=O) groups excluding carboxylic acids is 1. The highest BCUT2D eigenvalue weighted by Gasteiger charge is 2.32. The Bertz CT molecular complexity index is 399. The number of carbonyl (C=O) groups is 2. The summed E-state index contributed by atoms with van der Waals surface area (Å²) in [5, 5.41) is 9.10. The SMILES string of the molecule is CCCCCC(CCC)CC(CCC)OC(=O)C1CCC(C(=O)O)CC1. The first kappa shape index (κ1) is 23.0. The summed E-state index contributed by atoms with van der Waals surface area (Å²) < 4.78 is 5.92. The fourth-order valence-electron chi connectivity index (χ4n) is 4.23. The number of carboxylic acid groups (broad SMARTS) is 1. The molecule has 1 aliphatic rings. The molecule has 26 heavy (non-hydrogen) atoms.